The molecule has 0 amide bonds. The molecule has 0 aromatic heterocycles. The topological polar surface area (TPSA) is 49.7 Å². The molecule has 1 aliphatic rings. The first-order valence-electron chi connectivity index (χ1n) is 3.60. The van der Waals surface area contributed by atoms with Gasteiger partial charge < -0.3 is 14.9 Å². The fraction of sp³-hybridized carbons (Fsp3) is 1.00. The average Bonchev–Trinajstić information content (AvgIpc) is 1.93. The molecule has 0 aromatic rings. The van der Waals surface area contributed by atoms with Gasteiger partial charge in [0.05, 0.1) is 12.7 Å². The van der Waals surface area contributed by atoms with E-state index in [2.05, 4.69) is 0 Å². The predicted octanol–water partition coefficient (Wildman–Crippen LogP) is -0.0319. The summed E-state index contributed by atoms with van der Waals surface area (Å²) in [7, 11) is 0. The maximum absolute atomic E-state index is 9.23. The first-order valence-corrected chi connectivity index (χ1v) is 3.60. The molecule has 3 nitrogen and oxygen atoms in total. The summed E-state index contributed by atoms with van der Waals surface area (Å²) >= 11 is 0. The second kappa shape index (κ2) is 2.86. The predicted molar refractivity (Wildman–Crippen MR) is 36.3 cm³/mol. The Kier molecular flexibility index (Phi) is 2.28. The Labute approximate surface area is 60.6 Å². The minimum Gasteiger partial charge on any atom is -0.390 e. The van der Waals surface area contributed by atoms with Crippen LogP contribution in [-0.2, 0) is 4.74 Å². The molecule has 3 heteroatoms. The van der Waals surface area contributed by atoms with Crippen LogP contribution in [0.25, 0.3) is 0 Å². The Balaban J connectivity index is 2.52. The molecule has 0 aliphatic carbocycles. The largest absolute Gasteiger partial charge is 0.390 e. The van der Waals surface area contributed by atoms with Crippen molar-refractivity contribution in [2.75, 3.05) is 6.61 Å². The Morgan fingerprint density at radius 3 is 2.30 bits per heavy atom. The fourth-order valence-corrected chi connectivity index (χ4v) is 1.11. The Morgan fingerprint density at radius 2 is 1.80 bits per heavy atom. The number of hydrogen-bond donors (Lipinski definition) is 2. The molecule has 60 valence electrons. The van der Waals surface area contributed by atoms with Gasteiger partial charge in [0.15, 0.2) is 6.29 Å². The lowest BCUT2D eigenvalue weighted by molar-refractivity contribution is -0.205. The van der Waals surface area contributed by atoms with Gasteiger partial charge in [0.25, 0.3) is 0 Å². The van der Waals surface area contributed by atoms with Crippen molar-refractivity contribution in [3.05, 3.63) is 0 Å². The highest BCUT2D eigenvalue weighted by atomic mass is 16.6. The van der Waals surface area contributed by atoms with Gasteiger partial charge in [-0.3, -0.25) is 0 Å². The van der Waals surface area contributed by atoms with Gasteiger partial charge in [-0.1, -0.05) is 13.8 Å². The van der Waals surface area contributed by atoms with Crippen molar-refractivity contribution in [1.82, 2.24) is 0 Å². The summed E-state index contributed by atoms with van der Waals surface area (Å²) in [5.41, 5.74) is 0. The molecule has 4 atom stereocenters. The summed E-state index contributed by atoms with van der Waals surface area (Å²) in [6, 6.07) is 0. The molecular weight excluding hydrogens is 132 g/mol. The first-order chi connectivity index (χ1) is 4.63. The summed E-state index contributed by atoms with van der Waals surface area (Å²) in [6.07, 6.45) is -1.11. The molecule has 2 N–H and O–H groups in total. The van der Waals surface area contributed by atoms with E-state index >= 15 is 0 Å². The van der Waals surface area contributed by atoms with Gasteiger partial charge in [-0.25, -0.2) is 0 Å². The number of aliphatic hydroxyl groups excluding tert-OH is 2. The summed E-state index contributed by atoms with van der Waals surface area (Å²) < 4.78 is 4.88. The Hall–Kier alpha value is -0.120. The lowest BCUT2D eigenvalue weighted by Crippen LogP contribution is -2.42. The highest BCUT2D eigenvalue weighted by Crippen LogP contribution is 2.24. The van der Waals surface area contributed by atoms with Crippen LogP contribution in [0.15, 0.2) is 0 Å². The normalized spacial score (nSPS) is 49.2. The van der Waals surface area contributed by atoms with E-state index in [1.54, 1.807) is 0 Å². The summed E-state index contributed by atoms with van der Waals surface area (Å²) in [5, 5.41) is 18.4. The molecule has 0 saturated carbocycles. The number of hydrogen-bond acceptors (Lipinski definition) is 3. The fourth-order valence-electron chi connectivity index (χ4n) is 1.11. The summed E-state index contributed by atoms with van der Waals surface area (Å²) in [5.74, 6) is 0.160. The van der Waals surface area contributed by atoms with Gasteiger partial charge in [-0.05, 0) is 5.92 Å². The highest BCUT2D eigenvalue weighted by Gasteiger charge is 2.32. The standard InChI is InChI=1S/C7H14O3/c1-4-5(2)7(9)10-3-6(4)8/h4-9H,3H2,1-2H3. The number of aliphatic hydroxyl groups is 2. The van der Waals surface area contributed by atoms with Crippen LogP contribution in [-0.4, -0.2) is 29.2 Å². The van der Waals surface area contributed by atoms with Crippen molar-refractivity contribution in [3.63, 3.8) is 0 Å². The van der Waals surface area contributed by atoms with Crippen molar-refractivity contribution in [3.8, 4) is 0 Å². The van der Waals surface area contributed by atoms with E-state index in [4.69, 9.17) is 9.84 Å². The minimum atomic E-state index is -0.696. The molecule has 0 spiro atoms. The maximum Gasteiger partial charge on any atom is 0.157 e. The van der Waals surface area contributed by atoms with Gasteiger partial charge >= 0.3 is 0 Å². The Morgan fingerprint density at radius 1 is 1.20 bits per heavy atom. The van der Waals surface area contributed by atoms with Crippen LogP contribution in [0, 0.1) is 11.8 Å². The van der Waals surface area contributed by atoms with Gasteiger partial charge in [0.2, 0.25) is 0 Å². The molecule has 1 rings (SSSR count). The highest BCUT2D eigenvalue weighted by molar-refractivity contribution is 4.76. The molecule has 1 heterocycles. The summed E-state index contributed by atoms with van der Waals surface area (Å²) in [4.78, 5) is 0. The molecule has 0 radical (unpaired) electrons. The average molecular weight is 146 g/mol. The number of rotatable bonds is 0. The quantitative estimate of drug-likeness (QED) is 0.504. The maximum atomic E-state index is 9.23. The zero-order valence-electron chi connectivity index (χ0n) is 6.32. The van der Waals surface area contributed by atoms with Gasteiger partial charge in [0.1, 0.15) is 0 Å². The van der Waals surface area contributed by atoms with Gasteiger partial charge in [-0.15, -0.1) is 0 Å². The van der Waals surface area contributed by atoms with Crippen LogP contribution in [0.2, 0.25) is 0 Å². The van der Waals surface area contributed by atoms with Crippen LogP contribution >= 0.6 is 0 Å². The lowest BCUT2D eigenvalue weighted by atomic mass is 9.88. The molecule has 1 saturated heterocycles. The van der Waals surface area contributed by atoms with Crippen molar-refractivity contribution < 1.29 is 14.9 Å². The minimum absolute atomic E-state index is 0.0312. The molecule has 0 bridgehead atoms. The second-order valence-electron chi connectivity index (χ2n) is 3.01. The van der Waals surface area contributed by atoms with Crippen LogP contribution in [0.3, 0.4) is 0 Å². The van der Waals surface area contributed by atoms with Gasteiger partial charge in [-0.2, -0.15) is 0 Å². The molecule has 1 aliphatic heterocycles. The van der Waals surface area contributed by atoms with Crippen molar-refractivity contribution in [2.24, 2.45) is 11.8 Å². The molecule has 1 fully saturated rings. The Bertz CT molecular complexity index is 101. The summed E-state index contributed by atoms with van der Waals surface area (Å²) in [6.45, 7) is 4.05. The SMILES string of the molecule is CC1C(O)COC(O)C1C. The third-order valence-corrected chi connectivity index (χ3v) is 2.32. The van der Waals surface area contributed by atoms with Crippen molar-refractivity contribution in [2.45, 2.75) is 26.2 Å². The number of ether oxygens (including phenoxy) is 1. The van der Waals surface area contributed by atoms with E-state index in [-0.39, 0.29) is 18.4 Å². The zero-order chi connectivity index (χ0) is 7.72. The third-order valence-electron chi connectivity index (χ3n) is 2.32. The van der Waals surface area contributed by atoms with Crippen LogP contribution in [0.5, 0.6) is 0 Å². The third kappa shape index (κ3) is 1.31. The van der Waals surface area contributed by atoms with E-state index in [1.165, 1.54) is 0 Å². The molecule has 4 unspecified atom stereocenters. The second-order valence-corrected chi connectivity index (χ2v) is 3.01. The van der Waals surface area contributed by atoms with Crippen LogP contribution in [0.4, 0.5) is 0 Å². The lowest BCUT2D eigenvalue weighted by Gasteiger charge is -2.34. The van der Waals surface area contributed by atoms with Crippen LogP contribution < -0.4 is 0 Å². The monoisotopic (exact) mass is 146 g/mol. The van der Waals surface area contributed by atoms with E-state index in [0.717, 1.165) is 0 Å². The molecule has 10 heavy (non-hydrogen) atoms. The van der Waals surface area contributed by atoms with E-state index in [0.29, 0.717) is 0 Å². The molecular formula is C7H14O3. The van der Waals surface area contributed by atoms with E-state index < -0.39 is 12.4 Å². The van der Waals surface area contributed by atoms with E-state index in [1.807, 2.05) is 13.8 Å². The van der Waals surface area contributed by atoms with Gasteiger partial charge in [0, 0.05) is 5.92 Å². The van der Waals surface area contributed by atoms with Crippen molar-refractivity contribution >= 4 is 0 Å². The first kappa shape index (κ1) is 7.98. The van der Waals surface area contributed by atoms with Crippen LogP contribution in [0.1, 0.15) is 13.8 Å². The molecule has 0 aromatic carbocycles. The smallest absolute Gasteiger partial charge is 0.157 e. The zero-order valence-corrected chi connectivity index (χ0v) is 6.32. The van der Waals surface area contributed by atoms with E-state index in [9.17, 15) is 5.11 Å². The van der Waals surface area contributed by atoms with Crippen molar-refractivity contribution in [1.29, 1.82) is 0 Å².